The Morgan fingerprint density at radius 2 is 1.76 bits per heavy atom. The van der Waals surface area contributed by atoms with Crippen LogP contribution in [-0.2, 0) is 24.3 Å². The molecule has 180 valence electrons. The molecule has 2 N–H and O–H groups in total. The molecule has 0 aliphatic carbocycles. The van der Waals surface area contributed by atoms with Crippen LogP contribution in [0.15, 0.2) is 72.0 Å². The number of nitrogens with zero attached hydrogens (tertiary/aromatic N) is 4. The van der Waals surface area contributed by atoms with Crippen molar-refractivity contribution in [2.75, 3.05) is 19.6 Å². The smallest absolute Gasteiger partial charge is 0.223 e. The van der Waals surface area contributed by atoms with Gasteiger partial charge in [0, 0.05) is 51.5 Å². The Bertz CT molecular complexity index is 1040. The monoisotopic (exact) mass is 572 g/mol. The van der Waals surface area contributed by atoms with Crippen LogP contribution in [0.5, 0.6) is 0 Å². The molecule has 3 aromatic rings. The average Bonchev–Trinajstić information content (AvgIpc) is 3.52. The van der Waals surface area contributed by atoms with Crippen molar-refractivity contribution in [1.82, 2.24) is 25.3 Å². The molecule has 0 atom stereocenters. The van der Waals surface area contributed by atoms with E-state index in [2.05, 4.69) is 64.0 Å². The Labute approximate surface area is 218 Å². The van der Waals surface area contributed by atoms with Crippen molar-refractivity contribution >= 4 is 35.8 Å². The van der Waals surface area contributed by atoms with Gasteiger partial charge in [-0.05, 0) is 54.7 Å². The number of guanidine groups is 1. The lowest BCUT2D eigenvalue weighted by Crippen LogP contribution is -2.38. The molecule has 0 fully saturated rings. The maximum absolute atomic E-state index is 12.6. The summed E-state index contributed by atoms with van der Waals surface area (Å²) in [6.45, 7) is 5.73. The number of nitrogens with one attached hydrogen (secondary N) is 2. The highest BCUT2D eigenvalue weighted by molar-refractivity contribution is 14.0. The first-order chi connectivity index (χ1) is 16.2. The molecule has 0 spiro atoms. The second kappa shape index (κ2) is 13.1. The van der Waals surface area contributed by atoms with Crippen molar-refractivity contribution in [2.45, 2.75) is 39.3 Å². The summed E-state index contributed by atoms with van der Waals surface area (Å²) in [6, 6.07) is 18.6. The van der Waals surface area contributed by atoms with Crippen LogP contribution in [0, 0.1) is 0 Å². The quantitative estimate of drug-likeness (QED) is 0.177. The lowest BCUT2D eigenvalue weighted by atomic mass is 10.1. The molecule has 1 amide bonds. The van der Waals surface area contributed by atoms with Gasteiger partial charge in [0.25, 0.3) is 0 Å². The van der Waals surface area contributed by atoms with E-state index in [9.17, 15) is 4.79 Å². The van der Waals surface area contributed by atoms with Gasteiger partial charge in [-0.1, -0.05) is 36.4 Å². The third-order valence-corrected chi connectivity index (χ3v) is 5.77. The summed E-state index contributed by atoms with van der Waals surface area (Å²) in [4.78, 5) is 19.1. The van der Waals surface area contributed by atoms with Gasteiger partial charge in [0.05, 0.1) is 5.69 Å². The molecule has 34 heavy (non-hydrogen) atoms. The Morgan fingerprint density at radius 1 is 1.03 bits per heavy atom. The molecule has 0 radical (unpaired) electrons. The molecule has 7 nitrogen and oxygen atoms in total. The van der Waals surface area contributed by atoms with E-state index in [1.54, 1.807) is 6.20 Å². The van der Waals surface area contributed by atoms with Crippen molar-refractivity contribution in [3.63, 3.8) is 0 Å². The first-order valence-corrected chi connectivity index (χ1v) is 11.7. The highest BCUT2D eigenvalue weighted by Gasteiger charge is 2.22. The Morgan fingerprint density at radius 3 is 2.41 bits per heavy atom. The first kappa shape index (κ1) is 25.7. The zero-order valence-electron chi connectivity index (χ0n) is 19.6. The van der Waals surface area contributed by atoms with Gasteiger partial charge in [-0.2, -0.15) is 5.10 Å². The van der Waals surface area contributed by atoms with E-state index in [0.717, 1.165) is 50.7 Å². The van der Waals surface area contributed by atoms with Crippen molar-refractivity contribution in [3.05, 3.63) is 83.7 Å². The minimum atomic E-state index is 0. The molecule has 2 aromatic carbocycles. The number of amides is 1. The summed E-state index contributed by atoms with van der Waals surface area (Å²) in [7, 11) is 0. The normalized spacial score (nSPS) is 12.7. The van der Waals surface area contributed by atoms with E-state index in [4.69, 9.17) is 0 Å². The van der Waals surface area contributed by atoms with Crippen LogP contribution in [0.2, 0.25) is 0 Å². The van der Waals surface area contributed by atoms with Gasteiger partial charge in [0.2, 0.25) is 5.91 Å². The van der Waals surface area contributed by atoms with E-state index < -0.39 is 0 Å². The van der Waals surface area contributed by atoms with Crippen LogP contribution in [-0.4, -0.2) is 46.2 Å². The molecule has 2 heterocycles. The number of aliphatic imine (C=N–C) groups is 1. The number of halogens is 1. The van der Waals surface area contributed by atoms with E-state index in [0.29, 0.717) is 13.0 Å². The first-order valence-electron chi connectivity index (χ1n) is 11.7. The summed E-state index contributed by atoms with van der Waals surface area (Å²) in [6.07, 6.45) is 5.89. The van der Waals surface area contributed by atoms with E-state index in [-0.39, 0.29) is 29.9 Å². The molecule has 0 saturated heterocycles. The number of fused-ring (bicyclic) bond motifs is 1. The highest BCUT2D eigenvalue weighted by atomic mass is 127. The Kier molecular flexibility index (Phi) is 9.93. The highest BCUT2D eigenvalue weighted by Crippen LogP contribution is 2.22. The summed E-state index contributed by atoms with van der Waals surface area (Å²) < 4.78 is 1.85. The Hall–Kier alpha value is -2.88. The molecule has 4 rings (SSSR count). The largest absolute Gasteiger partial charge is 0.357 e. The van der Waals surface area contributed by atoms with Crippen LogP contribution in [0.1, 0.15) is 36.5 Å². The molecule has 8 heteroatoms. The maximum atomic E-state index is 12.6. The number of carbonyl (C=O) groups excluding carboxylic acids is 1. The number of hydrogen-bond acceptors (Lipinski definition) is 3. The van der Waals surface area contributed by atoms with Gasteiger partial charge in [0.1, 0.15) is 0 Å². The van der Waals surface area contributed by atoms with Gasteiger partial charge in [-0.3, -0.25) is 9.79 Å². The van der Waals surface area contributed by atoms with Crippen LogP contribution in [0.25, 0.3) is 5.69 Å². The third-order valence-electron chi connectivity index (χ3n) is 5.77. The number of rotatable bonds is 9. The van der Waals surface area contributed by atoms with Crippen molar-refractivity contribution < 1.29 is 4.79 Å². The SMILES string of the molecule is CCNC(=NCCCC(=O)N1Cc2ccccc2C1)NCCc1ccc(-n2cccn2)cc1.I. The number of aromatic nitrogens is 2. The summed E-state index contributed by atoms with van der Waals surface area (Å²) >= 11 is 0. The van der Waals surface area contributed by atoms with Crippen molar-refractivity contribution in [1.29, 1.82) is 0 Å². The van der Waals surface area contributed by atoms with Gasteiger partial charge < -0.3 is 15.5 Å². The number of benzene rings is 2. The Balaban J connectivity index is 0.00000324. The lowest BCUT2D eigenvalue weighted by molar-refractivity contribution is -0.131. The predicted molar refractivity (Wildman–Crippen MR) is 147 cm³/mol. The van der Waals surface area contributed by atoms with Gasteiger partial charge in [-0.15, -0.1) is 24.0 Å². The average molecular weight is 572 g/mol. The fraction of sp³-hybridized carbons (Fsp3) is 0.346. The minimum absolute atomic E-state index is 0. The van der Waals surface area contributed by atoms with Crippen LogP contribution < -0.4 is 10.6 Å². The molecule has 1 aromatic heterocycles. The van der Waals surface area contributed by atoms with Gasteiger partial charge in [0.15, 0.2) is 5.96 Å². The standard InChI is InChI=1S/C26H32N6O.HI/c1-2-27-26(29-17-14-21-10-12-24(13-11-21)32-18-6-16-30-32)28-15-5-9-25(33)31-19-22-7-3-4-8-23(22)20-31;/h3-4,6-8,10-13,16,18H,2,5,9,14-15,17,19-20H2,1H3,(H2,27,28,29);1H. The molecule has 1 aliphatic heterocycles. The van der Waals surface area contributed by atoms with E-state index >= 15 is 0 Å². The topological polar surface area (TPSA) is 74.6 Å². The molecule has 1 aliphatic rings. The molecule has 0 bridgehead atoms. The summed E-state index contributed by atoms with van der Waals surface area (Å²) in [5, 5.41) is 10.9. The zero-order valence-corrected chi connectivity index (χ0v) is 21.9. The van der Waals surface area contributed by atoms with Crippen molar-refractivity contribution in [2.24, 2.45) is 4.99 Å². The summed E-state index contributed by atoms with van der Waals surface area (Å²) in [5.41, 5.74) is 4.84. The van der Waals surface area contributed by atoms with Crippen LogP contribution in [0.3, 0.4) is 0 Å². The van der Waals surface area contributed by atoms with Crippen molar-refractivity contribution in [3.8, 4) is 5.69 Å². The molecular formula is C26H33IN6O. The lowest BCUT2D eigenvalue weighted by Gasteiger charge is -2.15. The fourth-order valence-electron chi connectivity index (χ4n) is 3.99. The molecule has 0 unspecified atom stereocenters. The van der Waals surface area contributed by atoms with Crippen LogP contribution >= 0.6 is 24.0 Å². The second-order valence-corrected chi connectivity index (χ2v) is 8.18. The molecule has 0 saturated carbocycles. The fourth-order valence-corrected chi connectivity index (χ4v) is 3.99. The zero-order chi connectivity index (χ0) is 22.9. The maximum Gasteiger partial charge on any atom is 0.223 e. The number of carbonyl (C=O) groups is 1. The number of hydrogen-bond donors (Lipinski definition) is 2. The second-order valence-electron chi connectivity index (χ2n) is 8.18. The van der Waals surface area contributed by atoms with Gasteiger partial charge >= 0.3 is 0 Å². The summed E-state index contributed by atoms with van der Waals surface area (Å²) in [5.74, 6) is 1.00. The van der Waals surface area contributed by atoms with E-state index in [1.165, 1.54) is 16.7 Å². The van der Waals surface area contributed by atoms with E-state index in [1.807, 2.05) is 34.0 Å². The third kappa shape index (κ3) is 7.06. The van der Waals surface area contributed by atoms with Crippen LogP contribution in [0.4, 0.5) is 0 Å². The predicted octanol–water partition coefficient (Wildman–Crippen LogP) is 3.91. The molecular weight excluding hydrogens is 539 g/mol. The minimum Gasteiger partial charge on any atom is -0.357 e. The van der Waals surface area contributed by atoms with Gasteiger partial charge in [-0.25, -0.2) is 4.68 Å².